The van der Waals surface area contributed by atoms with Crippen molar-refractivity contribution in [3.8, 4) is 0 Å². The van der Waals surface area contributed by atoms with Crippen molar-refractivity contribution in [2.45, 2.75) is 12.5 Å². The van der Waals surface area contributed by atoms with E-state index < -0.39 is 0 Å². The molecule has 2 rings (SSSR count). The summed E-state index contributed by atoms with van der Waals surface area (Å²) in [7, 11) is 3.86. The van der Waals surface area contributed by atoms with E-state index in [1.807, 2.05) is 26.2 Å². The standard InChI is InChI=1S/C12H14Br2N4/c1-15-11(6-12-16-7-17-18(12)2)9-5-8(13)3-4-10(9)14/h3-5,7,11,15H,6H2,1-2H3. The van der Waals surface area contributed by atoms with E-state index in [-0.39, 0.29) is 6.04 Å². The molecule has 2 aromatic rings. The predicted molar refractivity (Wildman–Crippen MR) is 78.3 cm³/mol. The molecule has 1 aromatic heterocycles. The molecule has 0 aliphatic heterocycles. The Bertz CT molecular complexity index is 539. The van der Waals surface area contributed by atoms with Crippen molar-refractivity contribution >= 4 is 31.9 Å². The second-order valence-corrected chi connectivity index (χ2v) is 5.78. The Morgan fingerprint density at radius 1 is 1.39 bits per heavy atom. The van der Waals surface area contributed by atoms with E-state index in [0.717, 1.165) is 21.2 Å². The zero-order chi connectivity index (χ0) is 13.1. The van der Waals surface area contributed by atoms with Crippen LogP contribution in [-0.2, 0) is 13.5 Å². The maximum absolute atomic E-state index is 4.27. The lowest BCUT2D eigenvalue weighted by molar-refractivity contribution is 0.551. The molecule has 6 heteroatoms. The molecule has 0 saturated heterocycles. The third-order valence-electron chi connectivity index (χ3n) is 2.87. The van der Waals surface area contributed by atoms with Gasteiger partial charge in [0.2, 0.25) is 0 Å². The van der Waals surface area contributed by atoms with Crippen molar-refractivity contribution in [2.75, 3.05) is 7.05 Å². The summed E-state index contributed by atoms with van der Waals surface area (Å²) in [6.45, 7) is 0. The van der Waals surface area contributed by atoms with Gasteiger partial charge in [-0.3, -0.25) is 4.68 Å². The maximum Gasteiger partial charge on any atom is 0.138 e. The van der Waals surface area contributed by atoms with Crippen LogP contribution in [0.4, 0.5) is 0 Å². The van der Waals surface area contributed by atoms with Crippen molar-refractivity contribution < 1.29 is 0 Å². The van der Waals surface area contributed by atoms with Crippen LogP contribution >= 0.6 is 31.9 Å². The Morgan fingerprint density at radius 2 is 2.17 bits per heavy atom. The molecule has 0 fully saturated rings. The van der Waals surface area contributed by atoms with Crippen LogP contribution in [0.25, 0.3) is 0 Å². The number of hydrogen-bond donors (Lipinski definition) is 1. The lowest BCUT2D eigenvalue weighted by Crippen LogP contribution is -2.21. The summed E-state index contributed by atoms with van der Waals surface area (Å²) in [6.07, 6.45) is 2.38. The van der Waals surface area contributed by atoms with E-state index in [1.54, 1.807) is 11.0 Å². The van der Waals surface area contributed by atoms with Crippen molar-refractivity contribution in [3.05, 3.63) is 44.9 Å². The molecular weight excluding hydrogens is 360 g/mol. The van der Waals surface area contributed by atoms with Gasteiger partial charge in [-0.25, -0.2) is 4.98 Å². The number of aromatic nitrogens is 3. The molecule has 4 nitrogen and oxygen atoms in total. The van der Waals surface area contributed by atoms with Gasteiger partial charge in [-0.2, -0.15) is 5.10 Å². The predicted octanol–water partition coefficient (Wildman–Crippen LogP) is 2.84. The second kappa shape index (κ2) is 5.95. The smallest absolute Gasteiger partial charge is 0.138 e. The molecule has 0 bridgehead atoms. The van der Waals surface area contributed by atoms with Gasteiger partial charge in [0.25, 0.3) is 0 Å². The Hall–Kier alpha value is -0.720. The average Bonchev–Trinajstić information content (AvgIpc) is 2.75. The molecule has 1 unspecified atom stereocenters. The highest BCUT2D eigenvalue weighted by molar-refractivity contribution is 9.11. The first-order valence-corrected chi connectivity index (χ1v) is 7.15. The zero-order valence-electron chi connectivity index (χ0n) is 10.2. The topological polar surface area (TPSA) is 42.7 Å². The molecule has 0 aliphatic rings. The fourth-order valence-corrected chi connectivity index (χ4v) is 2.74. The van der Waals surface area contributed by atoms with Gasteiger partial charge in [-0.1, -0.05) is 31.9 Å². The van der Waals surface area contributed by atoms with Crippen LogP contribution < -0.4 is 5.32 Å². The van der Waals surface area contributed by atoms with E-state index in [0.29, 0.717) is 0 Å². The van der Waals surface area contributed by atoms with E-state index >= 15 is 0 Å². The lowest BCUT2D eigenvalue weighted by atomic mass is 10.0. The quantitative estimate of drug-likeness (QED) is 0.895. The van der Waals surface area contributed by atoms with Gasteiger partial charge in [-0.05, 0) is 30.8 Å². The van der Waals surface area contributed by atoms with Crippen LogP contribution in [0.15, 0.2) is 33.5 Å². The molecule has 18 heavy (non-hydrogen) atoms. The van der Waals surface area contributed by atoms with Gasteiger partial charge >= 0.3 is 0 Å². The number of nitrogens with one attached hydrogen (secondary N) is 1. The average molecular weight is 374 g/mol. The minimum absolute atomic E-state index is 0.194. The number of benzene rings is 1. The summed E-state index contributed by atoms with van der Waals surface area (Å²) in [6, 6.07) is 6.37. The van der Waals surface area contributed by atoms with E-state index in [1.165, 1.54) is 5.56 Å². The molecular formula is C12H14Br2N4. The summed E-state index contributed by atoms with van der Waals surface area (Å²) in [5, 5.41) is 7.41. The number of halogens is 2. The van der Waals surface area contributed by atoms with Crippen molar-refractivity contribution in [1.29, 1.82) is 0 Å². The molecule has 0 saturated carbocycles. The number of likely N-dealkylation sites (N-methyl/N-ethyl adjacent to an activating group) is 1. The number of rotatable bonds is 4. The van der Waals surface area contributed by atoms with Crippen molar-refractivity contribution in [3.63, 3.8) is 0 Å². The van der Waals surface area contributed by atoms with Crippen LogP contribution in [0.5, 0.6) is 0 Å². The van der Waals surface area contributed by atoms with Gasteiger partial charge in [0.15, 0.2) is 0 Å². The third kappa shape index (κ3) is 2.99. The fraction of sp³-hybridized carbons (Fsp3) is 0.333. The second-order valence-electron chi connectivity index (χ2n) is 4.01. The Morgan fingerprint density at radius 3 is 2.78 bits per heavy atom. The minimum Gasteiger partial charge on any atom is -0.313 e. The molecule has 1 aromatic carbocycles. The van der Waals surface area contributed by atoms with E-state index in [2.05, 4.69) is 53.3 Å². The highest BCUT2D eigenvalue weighted by Gasteiger charge is 2.16. The van der Waals surface area contributed by atoms with E-state index in [4.69, 9.17) is 0 Å². The molecule has 0 aliphatic carbocycles. The van der Waals surface area contributed by atoms with Crippen LogP contribution in [-0.4, -0.2) is 21.8 Å². The highest BCUT2D eigenvalue weighted by Crippen LogP contribution is 2.28. The van der Waals surface area contributed by atoms with Gasteiger partial charge in [-0.15, -0.1) is 0 Å². The van der Waals surface area contributed by atoms with Crippen LogP contribution in [0, 0.1) is 0 Å². The molecule has 96 valence electrons. The summed E-state index contributed by atoms with van der Waals surface area (Å²) in [5.74, 6) is 0.959. The monoisotopic (exact) mass is 372 g/mol. The van der Waals surface area contributed by atoms with E-state index in [9.17, 15) is 0 Å². The highest BCUT2D eigenvalue weighted by atomic mass is 79.9. The normalized spacial score (nSPS) is 12.7. The molecule has 0 radical (unpaired) electrons. The molecule has 1 atom stereocenters. The maximum atomic E-state index is 4.27. The lowest BCUT2D eigenvalue weighted by Gasteiger charge is -2.18. The summed E-state index contributed by atoms with van der Waals surface area (Å²) in [4.78, 5) is 4.27. The van der Waals surface area contributed by atoms with Gasteiger partial charge in [0.05, 0.1) is 0 Å². The van der Waals surface area contributed by atoms with Gasteiger partial charge < -0.3 is 5.32 Å². The van der Waals surface area contributed by atoms with Crippen molar-refractivity contribution in [2.24, 2.45) is 7.05 Å². The Balaban J connectivity index is 2.28. The number of nitrogens with zero attached hydrogens (tertiary/aromatic N) is 3. The fourth-order valence-electron chi connectivity index (χ4n) is 1.84. The SMILES string of the molecule is CNC(Cc1ncnn1C)c1cc(Br)ccc1Br. The molecule has 0 amide bonds. The first-order chi connectivity index (χ1) is 8.61. The number of hydrogen-bond acceptors (Lipinski definition) is 3. The summed E-state index contributed by atoms with van der Waals surface area (Å²) in [5.41, 5.74) is 1.20. The largest absolute Gasteiger partial charge is 0.313 e. The first-order valence-electron chi connectivity index (χ1n) is 5.57. The Kier molecular flexibility index (Phi) is 4.53. The summed E-state index contributed by atoms with van der Waals surface area (Å²) >= 11 is 7.10. The molecule has 0 spiro atoms. The molecule has 1 heterocycles. The van der Waals surface area contributed by atoms with Gasteiger partial charge in [0, 0.05) is 28.5 Å². The summed E-state index contributed by atoms with van der Waals surface area (Å²) < 4.78 is 3.96. The zero-order valence-corrected chi connectivity index (χ0v) is 13.4. The van der Waals surface area contributed by atoms with Crippen LogP contribution in [0.3, 0.4) is 0 Å². The minimum atomic E-state index is 0.194. The van der Waals surface area contributed by atoms with Gasteiger partial charge in [0.1, 0.15) is 12.2 Å². The number of aryl methyl sites for hydroxylation is 1. The van der Waals surface area contributed by atoms with Crippen LogP contribution in [0.2, 0.25) is 0 Å². The first kappa shape index (κ1) is 13.7. The van der Waals surface area contributed by atoms with Crippen LogP contribution in [0.1, 0.15) is 17.4 Å². The third-order valence-corrected chi connectivity index (χ3v) is 4.09. The Labute approximate surface area is 123 Å². The molecule has 1 N–H and O–H groups in total. The van der Waals surface area contributed by atoms with Crippen molar-refractivity contribution in [1.82, 2.24) is 20.1 Å².